The molecule has 0 spiro atoms. The molecule has 0 bridgehead atoms. The quantitative estimate of drug-likeness (QED) is 0.329. The molecule has 0 unspecified atom stereocenters. The van der Waals surface area contributed by atoms with E-state index in [2.05, 4.69) is 4.85 Å². The number of nitriles is 1. The highest BCUT2D eigenvalue weighted by atomic mass is 16.5. The number of allylic oxidation sites excluding steroid dienone is 2. The predicted molar refractivity (Wildman–Crippen MR) is 36.5 cm³/mol. The first-order valence-corrected chi connectivity index (χ1v) is 2.87. The minimum Gasteiger partial charge on any atom is -0.509 e. The van der Waals surface area contributed by atoms with Crippen LogP contribution in [0.4, 0.5) is 0 Å². The summed E-state index contributed by atoms with van der Waals surface area (Å²) < 4.78 is 4.93. The Labute approximate surface area is 60.3 Å². The maximum absolute atomic E-state index is 8.32. The van der Waals surface area contributed by atoms with Gasteiger partial charge in [-0.2, -0.15) is 0 Å². The van der Waals surface area contributed by atoms with Crippen molar-refractivity contribution in [1.82, 2.24) is 0 Å². The van der Waals surface area contributed by atoms with Crippen molar-refractivity contribution in [2.75, 3.05) is 6.61 Å². The number of hydrogen-bond donors (Lipinski definition) is 0. The Kier molecular flexibility index (Phi) is 3.75. The molecular formula is C7H8N2O. The summed E-state index contributed by atoms with van der Waals surface area (Å²) in [5.41, 5.74) is 0.0295. The van der Waals surface area contributed by atoms with E-state index in [1.54, 1.807) is 13.0 Å². The monoisotopic (exact) mass is 136 g/mol. The van der Waals surface area contributed by atoms with E-state index < -0.39 is 0 Å². The smallest absolute Gasteiger partial charge is 0.298 e. The molecule has 0 aromatic heterocycles. The summed E-state index contributed by atoms with van der Waals surface area (Å²) in [5, 5.41) is 8.32. The highest BCUT2D eigenvalue weighted by Gasteiger charge is 1.99. The highest BCUT2D eigenvalue weighted by molar-refractivity contribution is 5.29. The zero-order chi connectivity index (χ0) is 7.98. The van der Waals surface area contributed by atoms with E-state index in [0.29, 0.717) is 12.4 Å². The van der Waals surface area contributed by atoms with Crippen LogP contribution in [-0.2, 0) is 4.74 Å². The van der Waals surface area contributed by atoms with Gasteiger partial charge in [0.2, 0.25) is 0 Å². The van der Waals surface area contributed by atoms with Gasteiger partial charge in [-0.05, 0) is 13.8 Å². The molecule has 10 heavy (non-hydrogen) atoms. The van der Waals surface area contributed by atoms with E-state index in [-0.39, 0.29) is 5.70 Å². The first kappa shape index (κ1) is 8.52. The third kappa shape index (κ3) is 2.19. The Morgan fingerprint density at radius 3 is 2.70 bits per heavy atom. The van der Waals surface area contributed by atoms with E-state index >= 15 is 0 Å². The lowest BCUT2D eigenvalue weighted by atomic mass is 10.4. The number of rotatable bonds is 2. The summed E-state index contributed by atoms with van der Waals surface area (Å²) in [4.78, 5) is 2.97. The minimum absolute atomic E-state index is 0.0295. The van der Waals surface area contributed by atoms with Gasteiger partial charge in [0, 0.05) is 0 Å². The maximum Gasteiger partial charge on any atom is 0.298 e. The highest BCUT2D eigenvalue weighted by Crippen LogP contribution is 2.04. The van der Waals surface area contributed by atoms with Gasteiger partial charge in [-0.1, -0.05) is 0 Å². The van der Waals surface area contributed by atoms with Crippen LogP contribution in [0.3, 0.4) is 0 Å². The van der Waals surface area contributed by atoms with Crippen LogP contribution in [0.15, 0.2) is 11.5 Å². The van der Waals surface area contributed by atoms with Crippen LogP contribution < -0.4 is 0 Å². The molecule has 0 rings (SSSR count). The topological polar surface area (TPSA) is 37.4 Å². The molecule has 0 atom stereocenters. The summed E-state index contributed by atoms with van der Waals surface area (Å²) in [6.45, 7) is 10.4. The van der Waals surface area contributed by atoms with E-state index in [1.165, 1.54) is 0 Å². The standard InChI is InChI=1S/C7H8N2O/c1-4-10-6(2)7(5-8)9-3/h4H2,1-2H3. The Hall–Kier alpha value is -1.48. The molecule has 52 valence electrons. The van der Waals surface area contributed by atoms with Gasteiger partial charge in [-0.25, -0.2) is 10.1 Å². The molecule has 3 heteroatoms. The summed E-state index contributed by atoms with van der Waals surface area (Å²) >= 11 is 0. The fourth-order valence-corrected chi connectivity index (χ4v) is 0.467. The van der Waals surface area contributed by atoms with Crippen molar-refractivity contribution < 1.29 is 4.74 Å². The molecule has 0 aliphatic heterocycles. The maximum atomic E-state index is 8.32. The molecule has 0 amide bonds. The van der Waals surface area contributed by atoms with Crippen molar-refractivity contribution in [3.05, 3.63) is 22.9 Å². The van der Waals surface area contributed by atoms with Crippen molar-refractivity contribution >= 4 is 0 Å². The van der Waals surface area contributed by atoms with Gasteiger partial charge in [-0.3, -0.25) is 0 Å². The van der Waals surface area contributed by atoms with Crippen LogP contribution in [0.1, 0.15) is 13.8 Å². The molecule has 0 aliphatic rings. The summed E-state index contributed by atoms with van der Waals surface area (Å²) in [6, 6.07) is 1.74. The molecular weight excluding hydrogens is 128 g/mol. The third-order valence-electron chi connectivity index (χ3n) is 0.912. The first-order valence-electron chi connectivity index (χ1n) is 2.87. The second-order valence-corrected chi connectivity index (χ2v) is 1.56. The van der Waals surface area contributed by atoms with Gasteiger partial charge >= 0.3 is 0 Å². The van der Waals surface area contributed by atoms with Gasteiger partial charge in [-0.15, -0.1) is 0 Å². The zero-order valence-electron chi connectivity index (χ0n) is 6.01. The molecule has 0 saturated carbocycles. The average molecular weight is 136 g/mol. The van der Waals surface area contributed by atoms with Crippen molar-refractivity contribution in [3.63, 3.8) is 0 Å². The van der Waals surface area contributed by atoms with Crippen LogP contribution >= 0.6 is 0 Å². The second kappa shape index (κ2) is 4.40. The van der Waals surface area contributed by atoms with Gasteiger partial charge in [0.15, 0.2) is 0 Å². The van der Waals surface area contributed by atoms with E-state index in [0.717, 1.165) is 0 Å². The van der Waals surface area contributed by atoms with Crippen LogP contribution in [-0.4, -0.2) is 6.61 Å². The summed E-state index contributed by atoms with van der Waals surface area (Å²) in [5.74, 6) is 0.403. The lowest BCUT2D eigenvalue weighted by Gasteiger charge is -2.00. The molecule has 0 fully saturated rings. The van der Waals surface area contributed by atoms with Gasteiger partial charge < -0.3 is 4.74 Å². The molecule has 0 aliphatic carbocycles. The largest absolute Gasteiger partial charge is 0.509 e. The van der Waals surface area contributed by atoms with Crippen molar-refractivity contribution in [2.24, 2.45) is 0 Å². The second-order valence-electron chi connectivity index (χ2n) is 1.56. The first-order chi connectivity index (χ1) is 4.76. The lowest BCUT2D eigenvalue weighted by Crippen LogP contribution is -1.88. The van der Waals surface area contributed by atoms with E-state index in [1.807, 2.05) is 6.92 Å². The minimum atomic E-state index is 0.0295. The fourth-order valence-electron chi connectivity index (χ4n) is 0.467. The van der Waals surface area contributed by atoms with E-state index in [4.69, 9.17) is 16.6 Å². The Morgan fingerprint density at radius 1 is 1.80 bits per heavy atom. The molecule has 3 nitrogen and oxygen atoms in total. The summed E-state index contributed by atoms with van der Waals surface area (Å²) in [6.07, 6.45) is 0. The Morgan fingerprint density at radius 2 is 2.40 bits per heavy atom. The normalized spacial score (nSPS) is 10.8. The Balaban J connectivity index is 4.36. The lowest BCUT2D eigenvalue weighted by molar-refractivity contribution is 0.230. The van der Waals surface area contributed by atoms with Crippen molar-refractivity contribution in [2.45, 2.75) is 13.8 Å². The van der Waals surface area contributed by atoms with Crippen molar-refractivity contribution in [1.29, 1.82) is 5.26 Å². The molecule has 0 radical (unpaired) electrons. The molecule has 0 N–H and O–H groups in total. The molecule has 0 aromatic rings. The average Bonchev–Trinajstić information content (AvgIpc) is 1.91. The molecule has 0 saturated heterocycles. The SMILES string of the molecule is [C-]#[N+]C(C#N)=C(C)OCC. The van der Waals surface area contributed by atoms with Crippen LogP contribution in [0, 0.1) is 17.9 Å². The van der Waals surface area contributed by atoms with Crippen LogP contribution in [0.25, 0.3) is 4.85 Å². The van der Waals surface area contributed by atoms with Gasteiger partial charge in [0.1, 0.15) is 5.76 Å². The molecule has 0 heterocycles. The summed E-state index contributed by atoms with van der Waals surface area (Å²) in [7, 11) is 0. The van der Waals surface area contributed by atoms with Gasteiger partial charge in [0.05, 0.1) is 19.2 Å². The Bertz CT molecular complexity index is 201. The molecule has 0 aromatic carbocycles. The van der Waals surface area contributed by atoms with Crippen LogP contribution in [0.2, 0.25) is 0 Å². The fraction of sp³-hybridized carbons (Fsp3) is 0.429. The number of nitrogens with zero attached hydrogens (tertiary/aromatic N) is 2. The van der Waals surface area contributed by atoms with Gasteiger partial charge in [0.25, 0.3) is 5.70 Å². The number of ether oxygens (including phenoxy) is 1. The van der Waals surface area contributed by atoms with E-state index in [9.17, 15) is 0 Å². The van der Waals surface area contributed by atoms with Crippen LogP contribution in [0.5, 0.6) is 0 Å². The predicted octanol–water partition coefficient (Wildman–Crippen LogP) is 1.70. The third-order valence-corrected chi connectivity index (χ3v) is 0.912. The van der Waals surface area contributed by atoms with Crippen molar-refractivity contribution in [3.8, 4) is 6.07 Å². The number of hydrogen-bond acceptors (Lipinski definition) is 2. The zero-order valence-corrected chi connectivity index (χ0v) is 6.01.